The molecular weight excluding hydrogens is 254 g/mol. The summed E-state index contributed by atoms with van der Waals surface area (Å²) in [5.74, 6) is 1.45. The van der Waals surface area contributed by atoms with Crippen molar-refractivity contribution in [1.82, 2.24) is 9.78 Å². The SMILES string of the molecule is Cc1ccc(-c2nn(-c3ccccc3)cc2/C=N\O)o1. The fourth-order valence-electron chi connectivity index (χ4n) is 2.01. The van der Waals surface area contributed by atoms with E-state index in [4.69, 9.17) is 9.62 Å². The highest BCUT2D eigenvalue weighted by Crippen LogP contribution is 2.24. The molecule has 0 radical (unpaired) electrons. The van der Waals surface area contributed by atoms with Crippen LogP contribution in [0.3, 0.4) is 0 Å². The van der Waals surface area contributed by atoms with Crippen molar-refractivity contribution in [2.75, 3.05) is 0 Å². The second-order valence-electron chi connectivity index (χ2n) is 4.37. The standard InChI is InChI=1S/C15H13N3O2/c1-11-7-8-14(20-11)15-12(9-16-19)10-18(17-15)13-5-3-2-4-6-13/h2-10,19H,1H3/b16-9-. The van der Waals surface area contributed by atoms with E-state index in [2.05, 4.69) is 10.3 Å². The Bertz CT molecular complexity index is 742. The van der Waals surface area contributed by atoms with Gasteiger partial charge in [0, 0.05) is 11.8 Å². The normalized spacial score (nSPS) is 11.2. The Labute approximate surface area is 115 Å². The van der Waals surface area contributed by atoms with Gasteiger partial charge in [0.15, 0.2) is 5.76 Å². The van der Waals surface area contributed by atoms with Gasteiger partial charge in [0.05, 0.1) is 11.9 Å². The Morgan fingerprint density at radius 1 is 1.20 bits per heavy atom. The van der Waals surface area contributed by atoms with Crippen LogP contribution in [0.2, 0.25) is 0 Å². The summed E-state index contributed by atoms with van der Waals surface area (Å²) in [5.41, 5.74) is 2.25. The van der Waals surface area contributed by atoms with Crippen molar-refractivity contribution in [3.63, 3.8) is 0 Å². The molecule has 0 saturated carbocycles. The van der Waals surface area contributed by atoms with E-state index in [-0.39, 0.29) is 0 Å². The number of aromatic nitrogens is 2. The van der Waals surface area contributed by atoms with Crippen molar-refractivity contribution in [3.05, 3.63) is 60.0 Å². The van der Waals surface area contributed by atoms with Gasteiger partial charge in [-0.2, -0.15) is 5.10 Å². The summed E-state index contributed by atoms with van der Waals surface area (Å²) in [6.07, 6.45) is 3.14. The van der Waals surface area contributed by atoms with Gasteiger partial charge in [-0.3, -0.25) is 0 Å². The molecule has 0 bridgehead atoms. The van der Waals surface area contributed by atoms with Gasteiger partial charge in [-0.1, -0.05) is 23.4 Å². The van der Waals surface area contributed by atoms with E-state index in [1.807, 2.05) is 49.4 Å². The molecule has 0 fully saturated rings. The first-order valence-corrected chi connectivity index (χ1v) is 6.17. The molecule has 0 unspecified atom stereocenters. The van der Waals surface area contributed by atoms with Gasteiger partial charge >= 0.3 is 0 Å². The zero-order valence-corrected chi connectivity index (χ0v) is 10.9. The van der Waals surface area contributed by atoms with Crippen LogP contribution >= 0.6 is 0 Å². The number of rotatable bonds is 3. The molecule has 2 aromatic heterocycles. The third-order valence-corrected chi connectivity index (χ3v) is 2.93. The monoisotopic (exact) mass is 267 g/mol. The predicted molar refractivity (Wildman–Crippen MR) is 75.4 cm³/mol. The van der Waals surface area contributed by atoms with Crippen LogP contribution in [-0.2, 0) is 0 Å². The number of furan rings is 1. The largest absolute Gasteiger partial charge is 0.460 e. The molecule has 0 aliphatic rings. The Hall–Kier alpha value is -2.82. The van der Waals surface area contributed by atoms with Gasteiger partial charge in [-0.05, 0) is 31.2 Å². The third-order valence-electron chi connectivity index (χ3n) is 2.93. The maximum atomic E-state index is 8.78. The summed E-state index contributed by atoms with van der Waals surface area (Å²) in [6.45, 7) is 1.87. The maximum Gasteiger partial charge on any atom is 0.155 e. The van der Waals surface area contributed by atoms with E-state index in [0.717, 1.165) is 11.4 Å². The van der Waals surface area contributed by atoms with Gasteiger partial charge in [-0.15, -0.1) is 0 Å². The summed E-state index contributed by atoms with van der Waals surface area (Å²) in [7, 11) is 0. The molecule has 5 nitrogen and oxygen atoms in total. The number of hydrogen-bond donors (Lipinski definition) is 1. The molecule has 0 saturated heterocycles. The fraction of sp³-hybridized carbons (Fsp3) is 0.0667. The van der Waals surface area contributed by atoms with E-state index in [1.54, 1.807) is 10.9 Å². The Morgan fingerprint density at radius 3 is 2.65 bits per heavy atom. The summed E-state index contributed by atoms with van der Waals surface area (Å²) < 4.78 is 7.31. The van der Waals surface area contributed by atoms with Gasteiger partial charge < -0.3 is 9.62 Å². The Balaban J connectivity index is 2.12. The van der Waals surface area contributed by atoms with Crippen molar-refractivity contribution in [3.8, 4) is 17.1 Å². The minimum absolute atomic E-state index is 0.639. The van der Waals surface area contributed by atoms with Crippen LogP contribution in [0.1, 0.15) is 11.3 Å². The molecule has 5 heteroatoms. The molecule has 0 spiro atoms. The van der Waals surface area contributed by atoms with Crippen LogP contribution in [0, 0.1) is 6.92 Å². The molecule has 3 rings (SSSR count). The van der Waals surface area contributed by atoms with Gasteiger partial charge in [0.2, 0.25) is 0 Å². The summed E-state index contributed by atoms with van der Waals surface area (Å²) in [4.78, 5) is 0. The molecule has 0 atom stereocenters. The van der Waals surface area contributed by atoms with Gasteiger partial charge in [-0.25, -0.2) is 4.68 Å². The molecule has 2 heterocycles. The minimum Gasteiger partial charge on any atom is -0.460 e. The van der Waals surface area contributed by atoms with Crippen LogP contribution in [0.5, 0.6) is 0 Å². The molecular formula is C15H13N3O2. The zero-order valence-electron chi connectivity index (χ0n) is 10.9. The summed E-state index contributed by atoms with van der Waals surface area (Å²) >= 11 is 0. The van der Waals surface area contributed by atoms with E-state index in [0.29, 0.717) is 17.0 Å². The lowest BCUT2D eigenvalue weighted by atomic mass is 10.2. The van der Waals surface area contributed by atoms with E-state index in [1.165, 1.54) is 6.21 Å². The highest BCUT2D eigenvalue weighted by molar-refractivity contribution is 5.87. The van der Waals surface area contributed by atoms with Crippen LogP contribution in [0.4, 0.5) is 0 Å². The first-order chi connectivity index (χ1) is 9.78. The smallest absolute Gasteiger partial charge is 0.155 e. The summed E-state index contributed by atoms with van der Waals surface area (Å²) in [5, 5.41) is 16.4. The summed E-state index contributed by atoms with van der Waals surface area (Å²) in [6, 6.07) is 13.4. The number of nitrogens with zero attached hydrogens (tertiary/aromatic N) is 3. The average molecular weight is 267 g/mol. The van der Waals surface area contributed by atoms with Crippen molar-refractivity contribution in [2.24, 2.45) is 5.16 Å². The van der Waals surface area contributed by atoms with Crippen LogP contribution in [-0.4, -0.2) is 21.2 Å². The first kappa shape index (κ1) is 12.2. The topological polar surface area (TPSA) is 63.5 Å². The Kier molecular flexibility index (Phi) is 3.09. The number of hydrogen-bond acceptors (Lipinski definition) is 4. The van der Waals surface area contributed by atoms with Crippen LogP contribution in [0.25, 0.3) is 17.1 Å². The lowest BCUT2D eigenvalue weighted by Gasteiger charge is -1.98. The highest BCUT2D eigenvalue weighted by Gasteiger charge is 2.14. The van der Waals surface area contributed by atoms with E-state index in [9.17, 15) is 0 Å². The molecule has 0 aliphatic heterocycles. The second-order valence-corrected chi connectivity index (χ2v) is 4.37. The number of para-hydroxylation sites is 1. The van der Waals surface area contributed by atoms with E-state index < -0.39 is 0 Å². The lowest BCUT2D eigenvalue weighted by Crippen LogP contribution is -1.93. The maximum absolute atomic E-state index is 8.78. The number of aryl methyl sites for hydroxylation is 1. The van der Waals surface area contributed by atoms with Gasteiger partial charge in [0.1, 0.15) is 11.5 Å². The van der Waals surface area contributed by atoms with Crippen molar-refractivity contribution in [1.29, 1.82) is 0 Å². The lowest BCUT2D eigenvalue weighted by molar-refractivity contribution is 0.322. The molecule has 0 aliphatic carbocycles. The average Bonchev–Trinajstić information content (AvgIpc) is 3.07. The molecule has 20 heavy (non-hydrogen) atoms. The minimum atomic E-state index is 0.639. The molecule has 0 amide bonds. The quantitative estimate of drug-likeness (QED) is 0.450. The molecule has 1 aromatic carbocycles. The van der Waals surface area contributed by atoms with Crippen molar-refractivity contribution < 1.29 is 9.62 Å². The van der Waals surface area contributed by atoms with Crippen molar-refractivity contribution in [2.45, 2.75) is 6.92 Å². The van der Waals surface area contributed by atoms with Gasteiger partial charge in [0.25, 0.3) is 0 Å². The zero-order chi connectivity index (χ0) is 13.9. The first-order valence-electron chi connectivity index (χ1n) is 6.17. The van der Waals surface area contributed by atoms with Crippen LogP contribution in [0.15, 0.2) is 58.2 Å². The fourth-order valence-corrected chi connectivity index (χ4v) is 2.01. The van der Waals surface area contributed by atoms with E-state index >= 15 is 0 Å². The molecule has 100 valence electrons. The highest BCUT2D eigenvalue weighted by atomic mass is 16.4. The van der Waals surface area contributed by atoms with Crippen LogP contribution < -0.4 is 0 Å². The molecule has 1 N–H and O–H groups in total. The third kappa shape index (κ3) is 2.21. The predicted octanol–water partition coefficient (Wildman–Crippen LogP) is 3.25. The number of benzene rings is 1. The number of oxime groups is 1. The molecule has 3 aromatic rings. The second kappa shape index (κ2) is 5.05. The van der Waals surface area contributed by atoms with Crippen molar-refractivity contribution >= 4 is 6.21 Å². The Morgan fingerprint density at radius 2 is 2.00 bits per heavy atom.